The fraction of sp³-hybridized carbons (Fsp3) is 0.692. The van der Waals surface area contributed by atoms with Crippen LogP contribution >= 0.6 is 15.9 Å². The van der Waals surface area contributed by atoms with Crippen molar-refractivity contribution < 1.29 is 9.53 Å². The number of Topliss-reactive ketones (excluding diaryl/α,β-unsaturated/α-hetero) is 1. The van der Waals surface area contributed by atoms with Gasteiger partial charge in [0.25, 0.3) is 0 Å². The van der Waals surface area contributed by atoms with Crippen LogP contribution < -0.4 is 0 Å². The first-order valence-corrected chi connectivity index (χ1v) is 7.15. The highest BCUT2D eigenvalue weighted by molar-refractivity contribution is 9.10. The van der Waals surface area contributed by atoms with Gasteiger partial charge in [-0.2, -0.15) is 5.10 Å². The normalized spacial score (nSPS) is 16.9. The monoisotopic (exact) mass is 314 g/mol. The van der Waals surface area contributed by atoms with Crippen LogP contribution in [0.1, 0.15) is 31.2 Å². The second-order valence-electron chi connectivity index (χ2n) is 4.80. The molecular formula is C13H19BrN2O2. The molecule has 100 valence electrons. The Kier molecular flexibility index (Phi) is 4.22. The molecule has 1 aromatic rings. The Bertz CT molecular complexity index is 452. The smallest absolute Gasteiger partial charge is 0.167 e. The summed E-state index contributed by atoms with van der Waals surface area (Å²) < 4.78 is 8.17. The Labute approximate surface area is 116 Å². The molecule has 5 heteroatoms. The van der Waals surface area contributed by atoms with E-state index in [9.17, 15) is 4.79 Å². The number of halogens is 1. The van der Waals surface area contributed by atoms with Gasteiger partial charge < -0.3 is 4.74 Å². The van der Waals surface area contributed by atoms with E-state index in [1.165, 1.54) is 0 Å². The van der Waals surface area contributed by atoms with Gasteiger partial charge in [0.15, 0.2) is 5.78 Å². The van der Waals surface area contributed by atoms with Gasteiger partial charge in [-0.3, -0.25) is 9.48 Å². The molecule has 0 saturated heterocycles. The lowest BCUT2D eigenvalue weighted by Gasteiger charge is -2.13. The summed E-state index contributed by atoms with van der Waals surface area (Å²) >= 11 is 3.52. The zero-order valence-corrected chi connectivity index (χ0v) is 12.7. The van der Waals surface area contributed by atoms with E-state index in [1.807, 2.05) is 18.5 Å². The van der Waals surface area contributed by atoms with Gasteiger partial charge in [-0.1, -0.05) is 0 Å². The van der Waals surface area contributed by atoms with Crippen molar-refractivity contribution in [3.8, 4) is 0 Å². The third-order valence-corrected chi connectivity index (χ3v) is 4.45. The second kappa shape index (κ2) is 5.53. The minimum Gasteiger partial charge on any atom is -0.373 e. The maximum Gasteiger partial charge on any atom is 0.167 e. The minimum absolute atomic E-state index is 0.162. The Morgan fingerprint density at radius 3 is 2.78 bits per heavy atom. The standard InChI is InChI=1S/C13H19BrN2O2/c1-4-16-10(12(14)8(2)15-16)7-11(17)13(18-3)9-5-6-9/h9,13H,4-7H2,1-3H3. The minimum atomic E-state index is -0.239. The summed E-state index contributed by atoms with van der Waals surface area (Å²) in [7, 11) is 1.62. The highest BCUT2D eigenvalue weighted by atomic mass is 79.9. The number of methoxy groups -OCH3 is 1. The molecular weight excluding hydrogens is 296 g/mol. The molecule has 1 saturated carbocycles. The van der Waals surface area contributed by atoms with Gasteiger partial charge in [-0.05, 0) is 48.5 Å². The van der Waals surface area contributed by atoms with Gasteiger partial charge in [-0.15, -0.1) is 0 Å². The number of hydrogen-bond donors (Lipinski definition) is 0. The van der Waals surface area contributed by atoms with Crippen LogP contribution in [0.3, 0.4) is 0 Å². The lowest BCUT2D eigenvalue weighted by atomic mass is 10.1. The molecule has 0 bridgehead atoms. The predicted molar refractivity (Wildman–Crippen MR) is 72.6 cm³/mol. The first-order chi connectivity index (χ1) is 8.58. The first kappa shape index (κ1) is 13.7. The Morgan fingerprint density at radius 2 is 2.28 bits per heavy atom. The number of ether oxygens (including phenoxy) is 1. The lowest BCUT2D eigenvalue weighted by Crippen LogP contribution is -2.27. The number of aromatic nitrogens is 2. The van der Waals surface area contributed by atoms with E-state index in [2.05, 4.69) is 21.0 Å². The van der Waals surface area contributed by atoms with E-state index in [0.29, 0.717) is 12.3 Å². The van der Waals surface area contributed by atoms with E-state index in [-0.39, 0.29) is 11.9 Å². The van der Waals surface area contributed by atoms with Crippen molar-refractivity contribution in [1.29, 1.82) is 0 Å². The molecule has 1 aliphatic carbocycles. The summed E-state index contributed by atoms with van der Waals surface area (Å²) in [6.07, 6.45) is 2.37. The third kappa shape index (κ3) is 2.67. The Hall–Kier alpha value is -0.680. The zero-order chi connectivity index (χ0) is 13.3. The van der Waals surface area contributed by atoms with Crippen LogP contribution in [0, 0.1) is 12.8 Å². The van der Waals surface area contributed by atoms with Crippen molar-refractivity contribution in [2.24, 2.45) is 5.92 Å². The molecule has 1 aliphatic rings. The highest BCUT2D eigenvalue weighted by Crippen LogP contribution is 2.35. The van der Waals surface area contributed by atoms with Gasteiger partial charge >= 0.3 is 0 Å². The molecule has 1 aromatic heterocycles. The van der Waals surface area contributed by atoms with Crippen molar-refractivity contribution in [2.75, 3.05) is 7.11 Å². The maximum atomic E-state index is 12.3. The quantitative estimate of drug-likeness (QED) is 0.810. The average molecular weight is 315 g/mol. The summed E-state index contributed by atoms with van der Waals surface area (Å²) in [4.78, 5) is 12.3. The zero-order valence-electron chi connectivity index (χ0n) is 11.1. The second-order valence-corrected chi connectivity index (χ2v) is 5.59. The Morgan fingerprint density at radius 1 is 1.61 bits per heavy atom. The molecule has 1 fully saturated rings. The van der Waals surface area contributed by atoms with Crippen LogP contribution in [0.4, 0.5) is 0 Å². The lowest BCUT2D eigenvalue weighted by molar-refractivity contribution is -0.129. The fourth-order valence-electron chi connectivity index (χ4n) is 2.29. The van der Waals surface area contributed by atoms with Crippen molar-refractivity contribution in [2.45, 2.75) is 45.8 Å². The molecule has 18 heavy (non-hydrogen) atoms. The van der Waals surface area contributed by atoms with Crippen molar-refractivity contribution in [3.05, 3.63) is 15.9 Å². The molecule has 0 spiro atoms. The van der Waals surface area contributed by atoms with E-state index < -0.39 is 0 Å². The predicted octanol–water partition coefficient (Wildman–Crippen LogP) is 2.51. The molecule has 2 rings (SSSR count). The SMILES string of the molecule is CCn1nc(C)c(Br)c1CC(=O)C(OC)C1CC1. The molecule has 1 heterocycles. The van der Waals surface area contributed by atoms with E-state index in [4.69, 9.17) is 4.74 Å². The van der Waals surface area contributed by atoms with Gasteiger partial charge in [0.1, 0.15) is 6.10 Å². The molecule has 0 aliphatic heterocycles. The van der Waals surface area contributed by atoms with Crippen molar-refractivity contribution >= 4 is 21.7 Å². The van der Waals surface area contributed by atoms with Gasteiger partial charge in [0.2, 0.25) is 0 Å². The summed E-state index contributed by atoms with van der Waals surface area (Å²) in [5.41, 5.74) is 1.89. The highest BCUT2D eigenvalue weighted by Gasteiger charge is 2.36. The summed E-state index contributed by atoms with van der Waals surface area (Å²) in [6.45, 7) is 4.75. The number of rotatable bonds is 6. The molecule has 4 nitrogen and oxygen atoms in total. The molecule has 1 atom stereocenters. The Balaban J connectivity index is 2.15. The molecule has 0 amide bonds. The summed E-state index contributed by atoms with van der Waals surface area (Å²) in [5.74, 6) is 0.593. The van der Waals surface area contributed by atoms with Gasteiger partial charge in [-0.25, -0.2) is 0 Å². The number of nitrogens with zero attached hydrogens (tertiary/aromatic N) is 2. The molecule has 0 radical (unpaired) electrons. The number of ketones is 1. The fourth-order valence-corrected chi connectivity index (χ4v) is 2.71. The number of aryl methyl sites for hydroxylation is 2. The molecule has 0 aromatic carbocycles. The summed E-state index contributed by atoms with van der Waals surface area (Å²) in [5, 5.41) is 4.40. The first-order valence-electron chi connectivity index (χ1n) is 6.35. The van der Waals surface area contributed by atoms with Crippen LogP contribution in [-0.2, 0) is 22.5 Å². The summed E-state index contributed by atoms with van der Waals surface area (Å²) in [6, 6.07) is 0. The van der Waals surface area contributed by atoms with Crippen LogP contribution in [-0.4, -0.2) is 28.8 Å². The topological polar surface area (TPSA) is 44.1 Å². The third-order valence-electron chi connectivity index (χ3n) is 3.42. The maximum absolute atomic E-state index is 12.3. The van der Waals surface area contributed by atoms with Gasteiger partial charge in [0.05, 0.1) is 22.3 Å². The number of carbonyl (C=O) groups excluding carboxylic acids is 1. The van der Waals surface area contributed by atoms with Crippen LogP contribution in [0.2, 0.25) is 0 Å². The number of carbonyl (C=O) groups is 1. The van der Waals surface area contributed by atoms with Crippen LogP contribution in [0.5, 0.6) is 0 Å². The van der Waals surface area contributed by atoms with Crippen LogP contribution in [0.15, 0.2) is 4.47 Å². The molecule has 0 N–H and O–H groups in total. The van der Waals surface area contributed by atoms with Crippen LogP contribution in [0.25, 0.3) is 0 Å². The number of hydrogen-bond acceptors (Lipinski definition) is 3. The average Bonchev–Trinajstić information content (AvgIpc) is 3.13. The molecule has 1 unspecified atom stereocenters. The van der Waals surface area contributed by atoms with Crippen molar-refractivity contribution in [3.63, 3.8) is 0 Å². The largest absolute Gasteiger partial charge is 0.373 e. The van der Waals surface area contributed by atoms with Gasteiger partial charge in [0, 0.05) is 13.7 Å². The van der Waals surface area contributed by atoms with Crippen molar-refractivity contribution in [1.82, 2.24) is 9.78 Å². The van der Waals surface area contributed by atoms with E-state index in [0.717, 1.165) is 35.2 Å². The van der Waals surface area contributed by atoms with E-state index >= 15 is 0 Å². The van der Waals surface area contributed by atoms with E-state index in [1.54, 1.807) is 7.11 Å².